The van der Waals surface area contributed by atoms with E-state index in [1.807, 2.05) is 24.3 Å². The zero-order chi connectivity index (χ0) is 20.6. The lowest BCUT2D eigenvalue weighted by molar-refractivity contribution is 0.191. The highest BCUT2D eigenvalue weighted by Gasteiger charge is 2.46. The molecule has 0 bridgehead atoms. The maximum absolute atomic E-state index is 12.7. The van der Waals surface area contributed by atoms with Gasteiger partial charge in [-0.3, -0.25) is 4.72 Å². The molecule has 1 N–H and O–H groups in total. The number of nitrogens with one attached hydrogen (secondary N) is 1. The number of sulfonamides is 1. The van der Waals surface area contributed by atoms with Crippen molar-refractivity contribution in [2.24, 2.45) is 11.8 Å². The zero-order valence-electron chi connectivity index (χ0n) is 17.6. The molecule has 2 fully saturated rings. The normalized spacial score (nSPS) is 24.3. The van der Waals surface area contributed by atoms with Crippen LogP contribution in [0.1, 0.15) is 56.6 Å². The fourth-order valence-corrected chi connectivity index (χ4v) is 5.98. The Morgan fingerprint density at radius 2 is 1.72 bits per heavy atom. The molecule has 0 unspecified atom stereocenters. The minimum Gasteiger partial charge on any atom is -0.303 e. The Bertz CT molecular complexity index is 936. The molecule has 0 radical (unpaired) electrons. The molecule has 4 nitrogen and oxygen atoms in total. The predicted molar refractivity (Wildman–Crippen MR) is 119 cm³/mol. The summed E-state index contributed by atoms with van der Waals surface area (Å²) in [6.07, 6.45) is 2.48. The number of nitrogens with zero attached hydrogens (tertiary/aromatic N) is 1. The molecule has 2 aromatic rings. The third kappa shape index (κ3) is 4.22. The van der Waals surface area contributed by atoms with Crippen molar-refractivity contribution in [3.8, 4) is 0 Å². The van der Waals surface area contributed by atoms with E-state index in [-0.39, 0.29) is 0 Å². The summed E-state index contributed by atoms with van der Waals surface area (Å²) < 4.78 is 28.1. The van der Waals surface area contributed by atoms with Crippen LogP contribution >= 0.6 is 0 Å². The van der Waals surface area contributed by atoms with E-state index < -0.39 is 10.0 Å². The van der Waals surface area contributed by atoms with Crippen LogP contribution in [-0.2, 0) is 10.0 Å². The lowest BCUT2D eigenvalue weighted by atomic mass is 9.64. The third-order valence-electron chi connectivity index (χ3n) is 6.63. The van der Waals surface area contributed by atoms with Crippen LogP contribution in [0.4, 0.5) is 5.69 Å². The van der Waals surface area contributed by atoms with Crippen molar-refractivity contribution in [2.75, 3.05) is 24.4 Å². The molecule has 1 aliphatic heterocycles. The summed E-state index contributed by atoms with van der Waals surface area (Å²) in [6, 6.07) is 15.2. The zero-order valence-corrected chi connectivity index (χ0v) is 18.5. The second-order valence-corrected chi connectivity index (χ2v) is 10.7. The van der Waals surface area contributed by atoms with Gasteiger partial charge in [0.2, 0.25) is 0 Å². The van der Waals surface area contributed by atoms with Crippen molar-refractivity contribution in [2.45, 2.75) is 50.3 Å². The van der Waals surface area contributed by atoms with Gasteiger partial charge in [0.15, 0.2) is 0 Å². The molecule has 2 aliphatic rings. The van der Waals surface area contributed by atoms with Crippen LogP contribution in [0.5, 0.6) is 0 Å². The van der Waals surface area contributed by atoms with Gasteiger partial charge in [0.1, 0.15) is 0 Å². The van der Waals surface area contributed by atoms with Crippen LogP contribution < -0.4 is 4.72 Å². The second kappa shape index (κ2) is 8.11. The van der Waals surface area contributed by atoms with Crippen LogP contribution in [0.3, 0.4) is 0 Å². The van der Waals surface area contributed by atoms with E-state index in [0.29, 0.717) is 22.4 Å². The first-order chi connectivity index (χ1) is 13.9. The van der Waals surface area contributed by atoms with E-state index in [0.717, 1.165) is 17.4 Å². The van der Waals surface area contributed by atoms with Gasteiger partial charge in [-0.2, -0.15) is 0 Å². The Labute approximate surface area is 175 Å². The molecule has 1 aliphatic carbocycles. The summed E-state index contributed by atoms with van der Waals surface area (Å²) >= 11 is 0. The van der Waals surface area contributed by atoms with Gasteiger partial charge in [-0.25, -0.2) is 8.42 Å². The third-order valence-corrected chi connectivity index (χ3v) is 8.03. The quantitative estimate of drug-likeness (QED) is 0.692. The molecule has 1 saturated carbocycles. The average Bonchev–Trinajstić information content (AvgIpc) is 2.99. The van der Waals surface area contributed by atoms with Crippen molar-refractivity contribution in [3.05, 3.63) is 59.7 Å². The second-order valence-electron chi connectivity index (χ2n) is 8.98. The van der Waals surface area contributed by atoms with Crippen LogP contribution in [-0.4, -0.2) is 33.0 Å². The highest BCUT2D eigenvalue weighted by Crippen LogP contribution is 2.51. The largest absolute Gasteiger partial charge is 0.303 e. The number of anilines is 1. The fourth-order valence-electron chi connectivity index (χ4n) is 4.93. The summed E-state index contributed by atoms with van der Waals surface area (Å²) in [6.45, 7) is 10.1. The molecule has 0 spiro atoms. The van der Waals surface area contributed by atoms with Gasteiger partial charge in [0.05, 0.1) is 4.90 Å². The minimum absolute atomic E-state index is 0.301. The van der Waals surface area contributed by atoms with Crippen molar-refractivity contribution in [1.29, 1.82) is 0 Å². The Balaban J connectivity index is 1.41. The van der Waals surface area contributed by atoms with Gasteiger partial charge >= 0.3 is 0 Å². The number of benzene rings is 2. The summed E-state index contributed by atoms with van der Waals surface area (Å²) in [5, 5.41) is 0. The Hall–Kier alpha value is -1.85. The first kappa shape index (κ1) is 20.4. The van der Waals surface area contributed by atoms with Crippen LogP contribution in [0, 0.1) is 11.8 Å². The molecule has 2 aromatic carbocycles. The van der Waals surface area contributed by atoms with E-state index in [1.165, 1.54) is 38.0 Å². The van der Waals surface area contributed by atoms with E-state index in [4.69, 9.17) is 0 Å². The topological polar surface area (TPSA) is 49.4 Å². The summed E-state index contributed by atoms with van der Waals surface area (Å²) in [5.74, 6) is 2.62. The Morgan fingerprint density at radius 3 is 2.34 bits per heavy atom. The standard InChI is InChI=1S/C24H32N2O2S/c1-4-13-26-15-20-14-23(24(20)16-26)19-5-9-21(10-6-19)25-29(27,28)22-11-7-18(8-12-22)17(2)3/h5-12,17,20,23-25H,4,13-16H2,1-3H3/t20-,23-,24+/m1/s1. The van der Waals surface area contributed by atoms with Crippen molar-refractivity contribution >= 4 is 15.7 Å². The maximum atomic E-state index is 12.7. The van der Waals surface area contributed by atoms with Crippen LogP contribution in [0.15, 0.2) is 53.4 Å². The van der Waals surface area contributed by atoms with E-state index in [1.54, 1.807) is 12.1 Å². The molecule has 0 amide bonds. The molecule has 1 saturated heterocycles. The maximum Gasteiger partial charge on any atom is 0.261 e. The Morgan fingerprint density at radius 1 is 1.03 bits per heavy atom. The van der Waals surface area contributed by atoms with Crippen LogP contribution in [0.25, 0.3) is 0 Å². The average molecular weight is 413 g/mol. The summed E-state index contributed by atoms with van der Waals surface area (Å²) in [5.41, 5.74) is 3.10. The number of hydrogen-bond donors (Lipinski definition) is 1. The molecular weight excluding hydrogens is 380 g/mol. The van der Waals surface area contributed by atoms with Crippen molar-refractivity contribution < 1.29 is 8.42 Å². The Kier molecular flexibility index (Phi) is 5.71. The molecule has 4 rings (SSSR count). The van der Waals surface area contributed by atoms with Crippen LogP contribution in [0.2, 0.25) is 0 Å². The van der Waals surface area contributed by atoms with Gasteiger partial charge in [0, 0.05) is 18.8 Å². The molecule has 0 aromatic heterocycles. The number of likely N-dealkylation sites (tertiary alicyclic amines) is 1. The number of rotatable bonds is 7. The molecule has 156 valence electrons. The lowest BCUT2D eigenvalue weighted by Crippen LogP contribution is -2.33. The number of fused-ring (bicyclic) bond motifs is 1. The van der Waals surface area contributed by atoms with Gasteiger partial charge in [-0.1, -0.05) is 45.0 Å². The lowest BCUT2D eigenvalue weighted by Gasteiger charge is -2.40. The highest BCUT2D eigenvalue weighted by atomic mass is 32.2. The van der Waals surface area contributed by atoms with Crippen molar-refractivity contribution in [3.63, 3.8) is 0 Å². The van der Waals surface area contributed by atoms with E-state index in [9.17, 15) is 8.42 Å². The minimum atomic E-state index is -3.56. The van der Waals surface area contributed by atoms with Gasteiger partial charge < -0.3 is 4.90 Å². The monoisotopic (exact) mass is 412 g/mol. The van der Waals surface area contributed by atoms with Gasteiger partial charge in [-0.05, 0) is 78.5 Å². The van der Waals surface area contributed by atoms with E-state index >= 15 is 0 Å². The van der Waals surface area contributed by atoms with Gasteiger partial charge in [0.25, 0.3) is 10.0 Å². The molecule has 1 heterocycles. The molecule has 29 heavy (non-hydrogen) atoms. The fraction of sp³-hybridized carbons (Fsp3) is 0.500. The molecular formula is C24H32N2O2S. The molecule has 5 heteroatoms. The number of hydrogen-bond acceptors (Lipinski definition) is 3. The first-order valence-corrected chi connectivity index (χ1v) is 12.3. The SMILES string of the molecule is CCCN1C[C@H]2C[C@H](c3ccc(NS(=O)(=O)c4ccc(C(C)C)cc4)cc3)[C@H]2C1. The summed E-state index contributed by atoms with van der Waals surface area (Å²) in [4.78, 5) is 2.90. The first-order valence-electron chi connectivity index (χ1n) is 10.8. The predicted octanol–water partition coefficient (Wildman–Crippen LogP) is 5.06. The summed E-state index contributed by atoms with van der Waals surface area (Å²) in [7, 11) is -3.56. The van der Waals surface area contributed by atoms with Gasteiger partial charge in [-0.15, -0.1) is 0 Å². The molecule has 3 atom stereocenters. The smallest absolute Gasteiger partial charge is 0.261 e. The van der Waals surface area contributed by atoms with E-state index in [2.05, 4.69) is 42.5 Å². The highest BCUT2D eigenvalue weighted by molar-refractivity contribution is 7.92. The van der Waals surface area contributed by atoms with Crippen molar-refractivity contribution in [1.82, 2.24) is 4.90 Å².